The summed E-state index contributed by atoms with van der Waals surface area (Å²) in [4.78, 5) is 12.6. The van der Waals surface area contributed by atoms with E-state index in [9.17, 15) is 9.90 Å². The van der Waals surface area contributed by atoms with Gasteiger partial charge in [0.05, 0.1) is 17.0 Å². The molecule has 1 saturated heterocycles. The minimum absolute atomic E-state index is 0.0257. The Kier molecular flexibility index (Phi) is 7.40. The normalized spacial score (nSPS) is 20.0. The van der Waals surface area contributed by atoms with Crippen molar-refractivity contribution >= 4 is 40.7 Å². The highest BCUT2D eigenvalue weighted by Gasteiger charge is 2.34. The predicted octanol–water partition coefficient (Wildman–Crippen LogP) is 2.97. The van der Waals surface area contributed by atoms with Crippen LogP contribution in [0.1, 0.15) is 11.6 Å². The molecule has 28 heavy (non-hydrogen) atoms. The first kappa shape index (κ1) is 21.2. The Balaban J connectivity index is 1.50. The fourth-order valence-electron chi connectivity index (χ4n) is 2.92. The van der Waals surface area contributed by atoms with Gasteiger partial charge in [-0.25, -0.2) is 5.43 Å². The van der Waals surface area contributed by atoms with Crippen molar-refractivity contribution in [2.75, 3.05) is 19.7 Å². The van der Waals surface area contributed by atoms with Crippen LogP contribution < -0.4 is 20.9 Å². The van der Waals surface area contributed by atoms with E-state index in [0.29, 0.717) is 22.3 Å². The van der Waals surface area contributed by atoms with Crippen molar-refractivity contribution in [3.8, 4) is 5.75 Å². The number of hydrogen-bond acceptors (Lipinski definition) is 5. The zero-order valence-electron chi connectivity index (χ0n) is 14.8. The topological polar surface area (TPSA) is 82.6 Å². The molecule has 0 saturated carbocycles. The maximum Gasteiger partial charge on any atom is 0.226 e. The van der Waals surface area contributed by atoms with Crippen LogP contribution in [0.5, 0.6) is 5.75 Å². The summed E-state index contributed by atoms with van der Waals surface area (Å²) in [5.41, 5.74) is 7.06. The Morgan fingerprint density at radius 1 is 1.21 bits per heavy atom. The maximum atomic E-state index is 12.6. The van der Waals surface area contributed by atoms with Gasteiger partial charge in [0.2, 0.25) is 5.91 Å². The van der Waals surface area contributed by atoms with Crippen LogP contribution in [0, 0.1) is 5.92 Å². The quantitative estimate of drug-likeness (QED) is 0.528. The van der Waals surface area contributed by atoms with Crippen molar-refractivity contribution in [2.45, 2.75) is 12.1 Å². The van der Waals surface area contributed by atoms with E-state index in [-0.39, 0.29) is 36.0 Å². The molecule has 0 aromatic heterocycles. The third kappa shape index (κ3) is 5.29. The van der Waals surface area contributed by atoms with Gasteiger partial charge in [0.25, 0.3) is 0 Å². The van der Waals surface area contributed by atoms with Crippen LogP contribution in [-0.4, -0.2) is 36.8 Å². The van der Waals surface area contributed by atoms with E-state index in [2.05, 4.69) is 16.2 Å². The fraction of sp³-hybridized carbons (Fsp3) is 0.316. The van der Waals surface area contributed by atoms with Gasteiger partial charge in [-0.15, -0.1) is 0 Å². The van der Waals surface area contributed by atoms with E-state index in [1.54, 1.807) is 30.3 Å². The van der Waals surface area contributed by atoms with E-state index < -0.39 is 6.10 Å². The second kappa shape index (κ2) is 9.78. The molecule has 3 rings (SSSR count). The Bertz CT molecular complexity index is 820. The maximum absolute atomic E-state index is 12.6. The third-order valence-electron chi connectivity index (χ3n) is 4.41. The van der Waals surface area contributed by atoms with Crippen molar-refractivity contribution in [1.29, 1.82) is 0 Å². The number of aliphatic hydroxyl groups excluding tert-OH is 1. The summed E-state index contributed by atoms with van der Waals surface area (Å²) in [5.74, 6) is -0.111. The van der Waals surface area contributed by atoms with E-state index in [4.69, 9.17) is 39.5 Å². The van der Waals surface area contributed by atoms with E-state index in [1.807, 2.05) is 12.1 Å². The Hall–Kier alpha value is -1.54. The number of ether oxygens (including phenoxy) is 1. The Morgan fingerprint density at radius 2 is 1.96 bits per heavy atom. The largest absolute Gasteiger partial charge is 0.489 e. The number of aliphatic hydroxyl groups is 1. The molecule has 9 heteroatoms. The highest BCUT2D eigenvalue weighted by atomic mass is 35.5. The summed E-state index contributed by atoms with van der Waals surface area (Å²) >= 11 is 17.9. The third-order valence-corrected chi connectivity index (χ3v) is 5.46. The molecule has 3 atom stereocenters. The summed E-state index contributed by atoms with van der Waals surface area (Å²) in [6.45, 7) is 0.507. The van der Waals surface area contributed by atoms with E-state index >= 15 is 0 Å². The first-order valence-corrected chi connectivity index (χ1v) is 9.85. The number of carbonyl (C=O) groups is 1. The number of carbonyl (C=O) groups excluding carboxylic acids is 1. The molecule has 6 nitrogen and oxygen atoms in total. The molecule has 4 N–H and O–H groups in total. The van der Waals surface area contributed by atoms with Gasteiger partial charge >= 0.3 is 0 Å². The van der Waals surface area contributed by atoms with Crippen molar-refractivity contribution in [3.05, 3.63) is 63.1 Å². The van der Waals surface area contributed by atoms with Gasteiger partial charge in [-0.05, 0) is 29.8 Å². The van der Waals surface area contributed by atoms with Crippen LogP contribution in [0.2, 0.25) is 15.1 Å². The number of amides is 1. The van der Waals surface area contributed by atoms with E-state index in [0.717, 1.165) is 5.56 Å². The van der Waals surface area contributed by atoms with Crippen LogP contribution in [-0.2, 0) is 4.79 Å². The highest BCUT2D eigenvalue weighted by molar-refractivity contribution is 6.42. The molecule has 1 aliphatic rings. The minimum Gasteiger partial charge on any atom is -0.489 e. The van der Waals surface area contributed by atoms with Crippen LogP contribution in [0.3, 0.4) is 0 Å². The number of benzene rings is 2. The van der Waals surface area contributed by atoms with Crippen LogP contribution >= 0.6 is 34.8 Å². The molecule has 1 fully saturated rings. The van der Waals surface area contributed by atoms with E-state index in [1.165, 1.54) is 0 Å². The average Bonchev–Trinajstić information content (AvgIpc) is 3.17. The average molecular weight is 445 g/mol. The summed E-state index contributed by atoms with van der Waals surface area (Å²) in [5, 5.41) is 14.2. The molecule has 0 spiro atoms. The summed E-state index contributed by atoms with van der Waals surface area (Å²) in [6, 6.07) is 12.2. The molecule has 3 unspecified atom stereocenters. The summed E-state index contributed by atoms with van der Waals surface area (Å²) in [7, 11) is 0. The molecule has 1 aliphatic heterocycles. The number of rotatable bonds is 7. The Labute approximate surface area is 178 Å². The predicted molar refractivity (Wildman–Crippen MR) is 110 cm³/mol. The molecule has 0 bridgehead atoms. The molecule has 1 heterocycles. The Morgan fingerprint density at radius 3 is 2.71 bits per heavy atom. The monoisotopic (exact) mass is 443 g/mol. The molecule has 0 aliphatic carbocycles. The number of halogens is 3. The zero-order chi connectivity index (χ0) is 20.1. The van der Waals surface area contributed by atoms with Gasteiger partial charge in [0.1, 0.15) is 23.5 Å². The smallest absolute Gasteiger partial charge is 0.226 e. The molecular formula is C19H20Cl3N3O3. The van der Waals surface area contributed by atoms with Crippen LogP contribution in [0.4, 0.5) is 0 Å². The van der Waals surface area contributed by atoms with Gasteiger partial charge < -0.3 is 15.2 Å². The van der Waals surface area contributed by atoms with Gasteiger partial charge in [-0.1, -0.05) is 53.0 Å². The second-order valence-corrected chi connectivity index (χ2v) is 7.64. The molecule has 2 aromatic rings. The van der Waals surface area contributed by atoms with Crippen molar-refractivity contribution in [3.63, 3.8) is 0 Å². The second-order valence-electron chi connectivity index (χ2n) is 6.42. The lowest BCUT2D eigenvalue weighted by Gasteiger charge is -2.20. The van der Waals surface area contributed by atoms with Crippen molar-refractivity contribution in [1.82, 2.24) is 16.2 Å². The molecular weight excluding hydrogens is 425 g/mol. The molecule has 1 amide bonds. The van der Waals surface area contributed by atoms with Crippen LogP contribution in [0.15, 0.2) is 42.5 Å². The number of hydrogen-bond donors (Lipinski definition) is 4. The van der Waals surface area contributed by atoms with Crippen LogP contribution in [0.25, 0.3) is 0 Å². The lowest BCUT2D eigenvalue weighted by molar-refractivity contribution is -0.125. The fourth-order valence-corrected chi connectivity index (χ4v) is 3.39. The van der Waals surface area contributed by atoms with Gasteiger partial charge in [-0.3, -0.25) is 10.2 Å². The summed E-state index contributed by atoms with van der Waals surface area (Å²) < 4.78 is 5.48. The SMILES string of the molecule is O=C(NCC(O)COc1cccc(Cl)c1Cl)C1CNNC1c1ccc(Cl)cc1. The molecule has 0 radical (unpaired) electrons. The van der Waals surface area contributed by atoms with Crippen molar-refractivity contribution in [2.24, 2.45) is 5.92 Å². The number of nitrogens with one attached hydrogen (secondary N) is 3. The lowest BCUT2D eigenvalue weighted by atomic mass is 9.94. The van der Waals surface area contributed by atoms with Gasteiger partial charge in [-0.2, -0.15) is 0 Å². The first-order valence-electron chi connectivity index (χ1n) is 8.72. The lowest BCUT2D eigenvalue weighted by Crippen LogP contribution is -2.40. The molecule has 150 valence electrons. The standard InChI is InChI=1S/C19H20Cl3N3O3/c20-12-6-4-11(5-7-12)18-14(9-24-25-18)19(27)23-8-13(26)10-28-16-3-1-2-15(21)17(16)22/h1-7,13-14,18,24-26H,8-10H2,(H,23,27). The minimum atomic E-state index is -0.893. The number of hydrazine groups is 1. The zero-order valence-corrected chi connectivity index (χ0v) is 17.1. The summed E-state index contributed by atoms with van der Waals surface area (Å²) in [6.07, 6.45) is -0.893. The first-order chi connectivity index (χ1) is 13.5. The van der Waals surface area contributed by atoms with Gasteiger partial charge in [0.15, 0.2) is 0 Å². The molecule has 2 aromatic carbocycles. The van der Waals surface area contributed by atoms with Crippen molar-refractivity contribution < 1.29 is 14.6 Å². The highest BCUT2D eigenvalue weighted by Crippen LogP contribution is 2.31. The van der Waals surface area contributed by atoms with Gasteiger partial charge in [0, 0.05) is 18.1 Å².